The van der Waals surface area contributed by atoms with Crippen molar-refractivity contribution in [3.8, 4) is 0 Å². The van der Waals surface area contributed by atoms with Crippen molar-refractivity contribution in [2.75, 3.05) is 0 Å². The van der Waals surface area contributed by atoms with Crippen LogP contribution >= 0.6 is 0 Å². The summed E-state index contributed by atoms with van der Waals surface area (Å²) in [4.78, 5) is 16.7. The lowest BCUT2D eigenvalue weighted by Gasteiger charge is -2.18. The van der Waals surface area contributed by atoms with E-state index < -0.39 is 0 Å². The quantitative estimate of drug-likeness (QED) is 0.730. The second kappa shape index (κ2) is 5.09. The van der Waals surface area contributed by atoms with Gasteiger partial charge in [-0.15, -0.1) is 0 Å². The Morgan fingerprint density at radius 3 is 2.64 bits per heavy atom. The number of aryl methyl sites for hydroxylation is 1. The summed E-state index contributed by atoms with van der Waals surface area (Å²) in [5, 5.41) is 4.53. The van der Waals surface area contributed by atoms with Crippen molar-refractivity contribution in [2.24, 2.45) is 0 Å². The van der Waals surface area contributed by atoms with E-state index in [-0.39, 0.29) is 11.0 Å². The molecule has 0 saturated carbocycles. The van der Waals surface area contributed by atoms with Gasteiger partial charge in [-0.1, -0.05) is 26.8 Å². The largest absolute Gasteiger partial charge is 0.302 e. The Bertz CT molecular complexity index is 884. The molecule has 3 heterocycles. The summed E-state index contributed by atoms with van der Waals surface area (Å²) in [6, 6.07) is 9.26. The molecule has 0 fully saturated rings. The van der Waals surface area contributed by atoms with E-state index in [4.69, 9.17) is 0 Å². The van der Waals surface area contributed by atoms with Gasteiger partial charge in [-0.25, -0.2) is 9.67 Å². The third-order valence-electron chi connectivity index (χ3n) is 3.76. The minimum atomic E-state index is -0.0988. The Hall–Kier alpha value is -2.43. The molecule has 114 valence electrons. The molecule has 0 atom stereocenters. The predicted molar refractivity (Wildman–Crippen MR) is 86.2 cm³/mol. The molecule has 0 aliphatic rings. The second-order valence-corrected chi connectivity index (χ2v) is 6.54. The Kier molecular flexibility index (Phi) is 3.35. The highest BCUT2D eigenvalue weighted by atomic mass is 16.1. The van der Waals surface area contributed by atoms with Crippen LogP contribution in [0.1, 0.15) is 37.9 Å². The minimum Gasteiger partial charge on any atom is -0.302 e. The van der Waals surface area contributed by atoms with E-state index >= 15 is 0 Å². The molecule has 0 aliphatic carbocycles. The summed E-state index contributed by atoms with van der Waals surface area (Å²) in [6.07, 6.45) is 1.96. The maximum Gasteiger partial charge on any atom is 0.267 e. The van der Waals surface area contributed by atoms with Gasteiger partial charge in [0, 0.05) is 17.7 Å². The van der Waals surface area contributed by atoms with Crippen LogP contribution in [0.15, 0.2) is 41.3 Å². The number of imidazole rings is 1. The summed E-state index contributed by atoms with van der Waals surface area (Å²) in [5.74, 6) is 0. The topological polar surface area (TPSA) is 52.2 Å². The Morgan fingerprint density at radius 2 is 1.91 bits per heavy atom. The summed E-state index contributed by atoms with van der Waals surface area (Å²) >= 11 is 0. The first-order chi connectivity index (χ1) is 10.4. The van der Waals surface area contributed by atoms with Gasteiger partial charge in [0.1, 0.15) is 5.65 Å². The van der Waals surface area contributed by atoms with E-state index in [1.54, 1.807) is 12.1 Å². The van der Waals surface area contributed by atoms with Crippen LogP contribution in [0.25, 0.3) is 5.65 Å². The van der Waals surface area contributed by atoms with Crippen LogP contribution in [0.4, 0.5) is 0 Å². The molecule has 0 aromatic carbocycles. The highest BCUT2D eigenvalue weighted by Gasteiger charge is 2.17. The van der Waals surface area contributed by atoms with E-state index in [2.05, 4.69) is 30.9 Å². The Labute approximate surface area is 129 Å². The van der Waals surface area contributed by atoms with Gasteiger partial charge in [0.25, 0.3) is 5.56 Å². The molecule has 3 aromatic heterocycles. The molecule has 22 heavy (non-hydrogen) atoms. The molecule has 3 aromatic rings. The Morgan fingerprint density at radius 1 is 1.14 bits per heavy atom. The smallest absolute Gasteiger partial charge is 0.267 e. The van der Waals surface area contributed by atoms with Crippen molar-refractivity contribution in [1.82, 2.24) is 19.2 Å². The number of hydrogen-bond acceptors (Lipinski definition) is 3. The van der Waals surface area contributed by atoms with Crippen LogP contribution in [0.2, 0.25) is 0 Å². The molecule has 0 amide bonds. The maximum atomic E-state index is 12.1. The predicted octanol–water partition coefficient (Wildman–Crippen LogP) is 2.55. The average molecular weight is 296 g/mol. The van der Waals surface area contributed by atoms with Gasteiger partial charge >= 0.3 is 0 Å². The minimum absolute atomic E-state index is 0.0933. The zero-order valence-electron chi connectivity index (χ0n) is 13.4. The van der Waals surface area contributed by atoms with E-state index in [9.17, 15) is 4.79 Å². The van der Waals surface area contributed by atoms with Crippen molar-refractivity contribution in [2.45, 2.75) is 39.7 Å². The fourth-order valence-corrected chi connectivity index (χ4v) is 2.46. The molecule has 0 radical (unpaired) electrons. The molecule has 0 aliphatic heterocycles. The van der Waals surface area contributed by atoms with Crippen molar-refractivity contribution >= 4 is 5.65 Å². The lowest BCUT2D eigenvalue weighted by atomic mass is 9.92. The van der Waals surface area contributed by atoms with E-state index in [0.717, 1.165) is 22.7 Å². The first-order valence-electron chi connectivity index (χ1n) is 7.37. The standard InChI is InChI=1S/C17H20N4O/c1-12-13(20-10-6-5-7-15(20)18-12)11-21-16(22)9-8-14(19-21)17(2,3)4/h5-10H,11H2,1-4H3. The van der Waals surface area contributed by atoms with Gasteiger partial charge in [-0.2, -0.15) is 5.10 Å². The first-order valence-corrected chi connectivity index (χ1v) is 7.37. The highest BCUT2D eigenvalue weighted by Crippen LogP contribution is 2.18. The molecule has 0 unspecified atom stereocenters. The zero-order valence-corrected chi connectivity index (χ0v) is 13.4. The lowest BCUT2D eigenvalue weighted by Crippen LogP contribution is -2.27. The van der Waals surface area contributed by atoms with Crippen LogP contribution in [-0.2, 0) is 12.0 Å². The van der Waals surface area contributed by atoms with Crippen molar-refractivity contribution in [3.05, 3.63) is 64.0 Å². The van der Waals surface area contributed by atoms with E-state index in [0.29, 0.717) is 6.54 Å². The number of hydrogen-bond donors (Lipinski definition) is 0. The van der Waals surface area contributed by atoms with Crippen LogP contribution in [0, 0.1) is 6.92 Å². The van der Waals surface area contributed by atoms with Crippen LogP contribution in [0.5, 0.6) is 0 Å². The molecular weight excluding hydrogens is 276 g/mol. The monoisotopic (exact) mass is 296 g/mol. The fraction of sp³-hybridized carbons (Fsp3) is 0.353. The lowest BCUT2D eigenvalue weighted by molar-refractivity contribution is 0.514. The molecule has 5 heteroatoms. The summed E-state index contributed by atoms with van der Waals surface area (Å²) in [5.41, 5.74) is 3.49. The molecule has 3 rings (SSSR count). The number of pyridine rings is 1. The number of fused-ring (bicyclic) bond motifs is 1. The van der Waals surface area contributed by atoms with E-state index in [1.165, 1.54) is 4.68 Å². The van der Waals surface area contributed by atoms with Gasteiger partial charge in [0.05, 0.1) is 23.6 Å². The van der Waals surface area contributed by atoms with Crippen LogP contribution in [-0.4, -0.2) is 19.2 Å². The van der Waals surface area contributed by atoms with E-state index in [1.807, 2.05) is 35.7 Å². The molecule has 0 saturated heterocycles. The molecule has 0 bridgehead atoms. The van der Waals surface area contributed by atoms with Gasteiger partial charge < -0.3 is 4.40 Å². The van der Waals surface area contributed by atoms with Crippen molar-refractivity contribution in [1.29, 1.82) is 0 Å². The summed E-state index contributed by atoms with van der Waals surface area (Å²) < 4.78 is 3.53. The van der Waals surface area contributed by atoms with Gasteiger partial charge in [0.2, 0.25) is 0 Å². The third kappa shape index (κ3) is 2.54. The second-order valence-electron chi connectivity index (χ2n) is 6.54. The van der Waals surface area contributed by atoms with Gasteiger partial charge in [-0.3, -0.25) is 4.79 Å². The number of aromatic nitrogens is 4. The van der Waals surface area contributed by atoms with Crippen molar-refractivity contribution in [3.63, 3.8) is 0 Å². The molecular formula is C17H20N4O. The van der Waals surface area contributed by atoms with Crippen molar-refractivity contribution < 1.29 is 0 Å². The average Bonchev–Trinajstić information content (AvgIpc) is 2.76. The first kappa shape index (κ1) is 14.5. The zero-order chi connectivity index (χ0) is 15.9. The number of nitrogens with zero attached hydrogens (tertiary/aromatic N) is 4. The van der Waals surface area contributed by atoms with Gasteiger partial charge in [-0.05, 0) is 25.1 Å². The normalized spacial score (nSPS) is 12.0. The molecule has 0 N–H and O–H groups in total. The molecule has 5 nitrogen and oxygen atoms in total. The third-order valence-corrected chi connectivity index (χ3v) is 3.76. The fourth-order valence-electron chi connectivity index (χ4n) is 2.46. The Balaban J connectivity index is 2.09. The summed E-state index contributed by atoms with van der Waals surface area (Å²) in [7, 11) is 0. The maximum absolute atomic E-state index is 12.1. The van der Waals surface area contributed by atoms with Crippen LogP contribution < -0.4 is 5.56 Å². The number of rotatable bonds is 2. The SMILES string of the molecule is Cc1nc2ccccn2c1Cn1nc(C(C)(C)C)ccc1=O. The van der Waals surface area contributed by atoms with Gasteiger partial charge in [0.15, 0.2) is 0 Å². The molecule has 0 spiro atoms. The summed E-state index contributed by atoms with van der Waals surface area (Å²) in [6.45, 7) is 8.64. The van der Waals surface area contributed by atoms with Crippen LogP contribution in [0.3, 0.4) is 0 Å². The highest BCUT2D eigenvalue weighted by molar-refractivity contribution is 5.42.